The summed E-state index contributed by atoms with van der Waals surface area (Å²) in [5.74, 6) is -0.506. The van der Waals surface area contributed by atoms with Crippen LogP contribution < -0.4 is 10.5 Å². The minimum Gasteiger partial charge on any atom is -0.489 e. The van der Waals surface area contributed by atoms with Crippen molar-refractivity contribution in [3.05, 3.63) is 65.7 Å². The molecule has 0 bridgehead atoms. The lowest BCUT2D eigenvalue weighted by Gasteiger charge is -2.19. The van der Waals surface area contributed by atoms with E-state index in [1.165, 1.54) is 0 Å². The molecule has 1 unspecified atom stereocenters. The van der Waals surface area contributed by atoms with Crippen LogP contribution in [0.1, 0.15) is 24.1 Å². The summed E-state index contributed by atoms with van der Waals surface area (Å²) in [7, 11) is 0. The molecule has 23 heavy (non-hydrogen) atoms. The van der Waals surface area contributed by atoms with Gasteiger partial charge in [-0.2, -0.15) is 0 Å². The van der Waals surface area contributed by atoms with Crippen molar-refractivity contribution in [3.63, 3.8) is 0 Å². The Hall–Kier alpha value is -2.40. The van der Waals surface area contributed by atoms with Gasteiger partial charge < -0.3 is 15.2 Å². The molecule has 2 N–H and O–H groups in total. The fourth-order valence-corrected chi connectivity index (χ4v) is 2.15. The van der Waals surface area contributed by atoms with Gasteiger partial charge in [-0.1, -0.05) is 48.5 Å². The van der Waals surface area contributed by atoms with E-state index in [4.69, 9.17) is 10.5 Å². The third-order valence-electron chi connectivity index (χ3n) is 3.34. The summed E-state index contributed by atoms with van der Waals surface area (Å²) in [6.45, 7) is 2.06. The molecule has 4 nitrogen and oxygen atoms in total. The monoisotopic (exact) mass is 317 g/mol. The second-order valence-electron chi connectivity index (χ2n) is 4.99. The topological polar surface area (TPSA) is 61.5 Å². The van der Waals surface area contributed by atoms with Crippen molar-refractivity contribution < 1.29 is 18.7 Å². The molecule has 122 valence electrons. The highest BCUT2D eigenvalue weighted by Crippen LogP contribution is 2.28. The molecule has 0 spiro atoms. The number of esters is 1. The Kier molecular flexibility index (Phi) is 6.11. The van der Waals surface area contributed by atoms with Crippen LogP contribution in [0.2, 0.25) is 0 Å². The van der Waals surface area contributed by atoms with Gasteiger partial charge in [-0.05, 0) is 18.6 Å². The van der Waals surface area contributed by atoms with Crippen LogP contribution >= 0.6 is 0 Å². The Morgan fingerprint density at radius 2 is 1.78 bits per heavy atom. The number of alkyl halides is 1. The Morgan fingerprint density at radius 3 is 2.48 bits per heavy atom. The SMILES string of the molecule is CCOC(=O)C(F)[C@H](N)c1ccccc1OCc1ccccc1. The first-order chi connectivity index (χ1) is 11.1. The van der Waals surface area contributed by atoms with E-state index in [2.05, 4.69) is 4.74 Å². The molecule has 0 heterocycles. The van der Waals surface area contributed by atoms with Crippen LogP contribution in [0.15, 0.2) is 54.6 Å². The van der Waals surface area contributed by atoms with Gasteiger partial charge in [0.2, 0.25) is 6.17 Å². The molecular weight excluding hydrogens is 297 g/mol. The zero-order valence-electron chi connectivity index (χ0n) is 12.9. The number of halogens is 1. The van der Waals surface area contributed by atoms with Crippen molar-refractivity contribution in [2.24, 2.45) is 5.73 Å². The summed E-state index contributed by atoms with van der Waals surface area (Å²) in [6.07, 6.45) is -1.93. The van der Waals surface area contributed by atoms with Gasteiger partial charge >= 0.3 is 5.97 Å². The third kappa shape index (κ3) is 4.53. The van der Waals surface area contributed by atoms with Crippen molar-refractivity contribution in [2.75, 3.05) is 6.61 Å². The number of benzene rings is 2. The summed E-state index contributed by atoms with van der Waals surface area (Å²) in [6, 6.07) is 15.3. The number of hydrogen-bond donors (Lipinski definition) is 1. The Morgan fingerprint density at radius 1 is 1.13 bits per heavy atom. The van der Waals surface area contributed by atoms with Crippen molar-refractivity contribution in [1.82, 2.24) is 0 Å². The maximum absolute atomic E-state index is 14.2. The van der Waals surface area contributed by atoms with E-state index in [0.29, 0.717) is 17.9 Å². The number of hydrogen-bond acceptors (Lipinski definition) is 4. The number of rotatable bonds is 7. The maximum atomic E-state index is 14.2. The van der Waals surface area contributed by atoms with Gasteiger partial charge in [0.05, 0.1) is 12.6 Å². The third-order valence-corrected chi connectivity index (χ3v) is 3.34. The second kappa shape index (κ2) is 8.29. The normalized spacial score (nSPS) is 13.2. The van der Waals surface area contributed by atoms with Crippen molar-refractivity contribution in [3.8, 4) is 5.75 Å². The summed E-state index contributed by atoms with van der Waals surface area (Å²) in [5.41, 5.74) is 7.30. The van der Waals surface area contributed by atoms with E-state index in [1.807, 2.05) is 30.3 Å². The van der Waals surface area contributed by atoms with E-state index >= 15 is 0 Å². The van der Waals surface area contributed by atoms with E-state index in [0.717, 1.165) is 5.56 Å². The van der Waals surface area contributed by atoms with E-state index in [9.17, 15) is 9.18 Å². The number of nitrogens with two attached hydrogens (primary N) is 1. The average Bonchev–Trinajstić information content (AvgIpc) is 2.60. The minimum atomic E-state index is -1.93. The summed E-state index contributed by atoms with van der Waals surface area (Å²) in [5, 5.41) is 0. The molecule has 2 aromatic carbocycles. The molecule has 0 saturated carbocycles. The first-order valence-corrected chi connectivity index (χ1v) is 7.45. The molecular formula is C18H20FNO3. The Labute approximate surface area is 135 Å². The molecule has 2 rings (SSSR count). The smallest absolute Gasteiger partial charge is 0.342 e. The van der Waals surface area contributed by atoms with Gasteiger partial charge in [-0.15, -0.1) is 0 Å². The van der Waals surface area contributed by atoms with E-state index < -0.39 is 18.2 Å². The largest absolute Gasteiger partial charge is 0.489 e. The van der Waals surface area contributed by atoms with Crippen molar-refractivity contribution in [1.29, 1.82) is 0 Å². The van der Waals surface area contributed by atoms with Crippen molar-refractivity contribution >= 4 is 5.97 Å². The van der Waals surface area contributed by atoms with Gasteiger partial charge in [0.25, 0.3) is 0 Å². The van der Waals surface area contributed by atoms with Gasteiger partial charge in [-0.3, -0.25) is 0 Å². The van der Waals surface area contributed by atoms with Gasteiger partial charge in [0.1, 0.15) is 12.4 Å². The number of para-hydroxylation sites is 1. The lowest BCUT2D eigenvalue weighted by atomic mass is 10.0. The molecule has 2 atom stereocenters. The molecule has 0 radical (unpaired) electrons. The van der Waals surface area contributed by atoms with Crippen LogP contribution in [-0.4, -0.2) is 18.7 Å². The first-order valence-electron chi connectivity index (χ1n) is 7.45. The fourth-order valence-electron chi connectivity index (χ4n) is 2.15. The second-order valence-corrected chi connectivity index (χ2v) is 4.99. The lowest BCUT2D eigenvalue weighted by molar-refractivity contribution is -0.149. The molecule has 0 aliphatic carbocycles. The summed E-state index contributed by atoms with van der Waals surface area (Å²) >= 11 is 0. The highest BCUT2D eigenvalue weighted by Gasteiger charge is 2.29. The standard InChI is InChI=1S/C18H20FNO3/c1-2-22-18(21)16(19)17(20)14-10-6-7-11-15(14)23-12-13-8-4-3-5-9-13/h3-11,16-17H,2,12,20H2,1H3/t16?,17-/m1/s1. The van der Waals surface area contributed by atoms with Crippen LogP contribution in [0.3, 0.4) is 0 Å². The van der Waals surface area contributed by atoms with Gasteiger partial charge in [0.15, 0.2) is 0 Å². The van der Waals surface area contributed by atoms with Crippen LogP contribution in [0.25, 0.3) is 0 Å². The molecule has 0 amide bonds. The molecule has 0 aromatic heterocycles. The molecule has 0 fully saturated rings. The van der Waals surface area contributed by atoms with Crippen molar-refractivity contribution in [2.45, 2.75) is 25.7 Å². The summed E-state index contributed by atoms with van der Waals surface area (Å²) in [4.78, 5) is 11.5. The van der Waals surface area contributed by atoms with Crippen LogP contribution in [-0.2, 0) is 16.1 Å². The van der Waals surface area contributed by atoms with Gasteiger partial charge in [-0.25, -0.2) is 9.18 Å². The van der Waals surface area contributed by atoms with E-state index in [-0.39, 0.29) is 6.61 Å². The average molecular weight is 317 g/mol. The molecule has 5 heteroatoms. The zero-order chi connectivity index (χ0) is 16.7. The van der Waals surface area contributed by atoms with Crippen LogP contribution in [0.4, 0.5) is 4.39 Å². The first kappa shape index (κ1) is 17.0. The maximum Gasteiger partial charge on any atom is 0.342 e. The molecule has 0 aliphatic rings. The Balaban J connectivity index is 2.11. The van der Waals surface area contributed by atoms with Crippen LogP contribution in [0.5, 0.6) is 5.75 Å². The lowest BCUT2D eigenvalue weighted by Crippen LogP contribution is -2.31. The number of carbonyl (C=O) groups excluding carboxylic acids is 1. The molecule has 2 aromatic rings. The Bertz CT molecular complexity index is 633. The summed E-state index contributed by atoms with van der Waals surface area (Å²) < 4.78 is 24.6. The highest BCUT2D eigenvalue weighted by atomic mass is 19.1. The quantitative estimate of drug-likeness (QED) is 0.797. The minimum absolute atomic E-state index is 0.109. The molecule has 0 saturated heterocycles. The zero-order valence-corrected chi connectivity index (χ0v) is 12.9. The predicted octanol–water partition coefficient (Wildman–Crippen LogP) is 3.17. The fraction of sp³-hybridized carbons (Fsp3) is 0.278. The predicted molar refractivity (Wildman–Crippen MR) is 85.7 cm³/mol. The van der Waals surface area contributed by atoms with E-state index in [1.54, 1.807) is 31.2 Å². The van der Waals surface area contributed by atoms with Crippen LogP contribution in [0, 0.1) is 0 Å². The number of carbonyl (C=O) groups is 1. The van der Waals surface area contributed by atoms with Gasteiger partial charge in [0, 0.05) is 5.56 Å². The molecule has 0 aliphatic heterocycles. The highest BCUT2D eigenvalue weighted by molar-refractivity contribution is 5.76. The number of ether oxygens (including phenoxy) is 2.